The summed E-state index contributed by atoms with van der Waals surface area (Å²) in [5, 5.41) is 1.37. The average Bonchev–Trinajstić information content (AvgIpc) is 2.40. The molecule has 18 heavy (non-hydrogen) atoms. The molecule has 0 radical (unpaired) electrons. The van der Waals surface area contributed by atoms with E-state index in [0.717, 1.165) is 12.8 Å². The van der Waals surface area contributed by atoms with Gasteiger partial charge in [-0.15, -0.1) is 0 Å². The highest BCUT2D eigenvalue weighted by atomic mass is 16.7. The molecule has 1 heterocycles. The van der Waals surface area contributed by atoms with E-state index in [1.54, 1.807) is 6.92 Å². The molecule has 100 valence electrons. The van der Waals surface area contributed by atoms with Gasteiger partial charge in [-0.05, 0) is 26.7 Å². The normalized spacial score (nSPS) is 16.5. The van der Waals surface area contributed by atoms with Crippen LogP contribution in [0.5, 0.6) is 0 Å². The van der Waals surface area contributed by atoms with Crippen molar-refractivity contribution in [2.75, 3.05) is 13.2 Å². The van der Waals surface area contributed by atoms with Gasteiger partial charge in [0.1, 0.15) is 0 Å². The van der Waals surface area contributed by atoms with Crippen LogP contribution in [0, 0.1) is 6.92 Å². The Labute approximate surface area is 109 Å². The maximum atomic E-state index is 11.2. The number of hydrogen-bond acceptors (Lipinski definition) is 3. The number of aryl methyl sites for hydroxylation is 1. The topological polar surface area (TPSA) is 55.6 Å². The van der Waals surface area contributed by atoms with Crippen LogP contribution in [0.25, 0.3) is 0 Å². The van der Waals surface area contributed by atoms with Gasteiger partial charge in [0.2, 0.25) is 0 Å². The fourth-order valence-corrected chi connectivity index (χ4v) is 1.53. The van der Waals surface area contributed by atoms with Gasteiger partial charge < -0.3 is 5.73 Å². The number of amides is 1. The molecule has 1 aromatic rings. The second kappa shape index (κ2) is 7.84. The molecule has 1 amide bonds. The van der Waals surface area contributed by atoms with E-state index in [2.05, 4.69) is 19.1 Å². The van der Waals surface area contributed by atoms with Crippen molar-refractivity contribution in [3.05, 3.63) is 35.9 Å². The van der Waals surface area contributed by atoms with Crippen molar-refractivity contribution in [3.8, 4) is 0 Å². The number of benzene rings is 1. The smallest absolute Gasteiger partial charge is 0.262 e. The molecule has 1 aliphatic heterocycles. The minimum Gasteiger partial charge on any atom is -0.320 e. The van der Waals surface area contributed by atoms with Crippen LogP contribution in [0.15, 0.2) is 30.3 Å². The van der Waals surface area contributed by atoms with Gasteiger partial charge in [-0.2, -0.15) is 0 Å². The van der Waals surface area contributed by atoms with Gasteiger partial charge in [-0.3, -0.25) is 9.63 Å². The maximum absolute atomic E-state index is 11.2. The summed E-state index contributed by atoms with van der Waals surface area (Å²) < 4.78 is 0. The van der Waals surface area contributed by atoms with Gasteiger partial charge in [0.15, 0.2) is 0 Å². The Balaban J connectivity index is 0.000000199. The highest BCUT2D eigenvalue weighted by Crippen LogP contribution is 2.06. The van der Waals surface area contributed by atoms with E-state index in [0.29, 0.717) is 13.2 Å². The summed E-state index contributed by atoms with van der Waals surface area (Å²) in [4.78, 5) is 16.3. The summed E-state index contributed by atoms with van der Waals surface area (Å²) in [6.45, 7) is 5.07. The lowest BCUT2D eigenvalue weighted by Gasteiger charge is -2.26. The fourth-order valence-electron chi connectivity index (χ4n) is 1.53. The maximum Gasteiger partial charge on any atom is 0.262 e. The van der Waals surface area contributed by atoms with Crippen LogP contribution < -0.4 is 5.73 Å². The Morgan fingerprint density at radius 1 is 1.33 bits per heavy atom. The van der Waals surface area contributed by atoms with Crippen LogP contribution in [-0.2, 0) is 9.63 Å². The molecule has 0 spiro atoms. The van der Waals surface area contributed by atoms with Crippen LogP contribution in [0.1, 0.15) is 25.3 Å². The van der Waals surface area contributed by atoms with E-state index in [-0.39, 0.29) is 5.91 Å². The number of nitrogens with zero attached hydrogens (tertiary/aromatic N) is 1. The largest absolute Gasteiger partial charge is 0.320 e. The lowest BCUT2D eigenvalue weighted by Crippen LogP contribution is -2.44. The van der Waals surface area contributed by atoms with Crippen molar-refractivity contribution in [1.29, 1.82) is 0 Å². The molecule has 1 aliphatic rings. The van der Waals surface area contributed by atoms with Gasteiger partial charge >= 0.3 is 0 Å². The van der Waals surface area contributed by atoms with Crippen LogP contribution in [0.4, 0.5) is 0 Å². The molecular formula is C14H22N2O2. The molecule has 4 heteroatoms. The monoisotopic (exact) mass is 250 g/mol. The Hall–Kier alpha value is -1.39. The standard InChI is InChI=1S/C7H14N2O2.C7H8/c1-6(8)7(10)9-4-2-3-5-11-9;1-7-5-3-2-4-6-7/h6H,2-5,8H2,1H3;2-6H,1H3/t6-;/m1./s1. The Bertz CT molecular complexity index is 346. The van der Waals surface area contributed by atoms with Crippen LogP contribution >= 0.6 is 0 Å². The summed E-state index contributed by atoms with van der Waals surface area (Å²) in [5.41, 5.74) is 6.72. The van der Waals surface area contributed by atoms with Crippen molar-refractivity contribution < 1.29 is 9.63 Å². The van der Waals surface area contributed by atoms with E-state index in [1.807, 2.05) is 18.2 Å². The molecule has 2 rings (SSSR count). The summed E-state index contributed by atoms with van der Waals surface area (Å²) >= 11 is 0. The molecule has 0 aliphatic carbocycles. The van der Waals surface area contributed by atoms with E-state index < -0.39 is 6.04 Å². The summed E-state index contributed by atoms with van der Waals surface area (Å²) in [7, 11) is 0. The average molecular weight is 250 g/mol. The summed E-state index contributed by atoms with van der Waals surface area (Å²) in [6.07, 6.45) is 2.04. The minimum absolute atomic E-state index is 0.121. The molecule has 1 atom stereocenters. The molecule has 2 N–H and O–H groups in total. The van der Waals surface area contributed by atoms with Crippen LogP contribution in [-0.4, -0.2) is 30.2 Å². The Morgan fingerprint density at radius 3 is 2.39 bits per heavy atom. The van der Waals surface area contributed by atoms with Gasteiger partial charge in [0.05, 0.1) is 12.6 Å². The van der Waals surface area contributed by atoms with Gasteiger partial charge in [0, 0.05) is 6.54 Å². The molecule has 1 saturated heterocycles. The van der Waals surface area contributed by atoms with E-state index in [1.165, 1.54) is 10.6 Å². The van der Waals surface area contributed by atoms with E-state index >= 15 is 0 Å². The minimum atomic E-state index is -0.451. The predicted molar refractivity (Wildman–Crippen MR) is 71.7 cm³/mol. The fraction of sp³-hybridized carbons (Fsp3) is 0.500. The molecule has 0 unspecified atom stereocenters. The SMILES string of the molecule is C[C@@H](N)C(=O)N1CCCCO1.Cc1ccccc1. The van der Waals surface area contributed by atoms with Gasteiger partial charge in [0.25, 0.3) is 5.91 Å². The highest BCUT2D eigenvalue weighted by Gasteiger charge is 2.20. The molecular weight excluding hydrogens is 228 g/mol. The van der Waals surface area contributed by atoms with Crippen molar-refractivity contribution >= 4 is 5.91 Å². The van der Waals surface area contributed by atoms with E-state index in [9.17, 15) is 4.79 Å². The Morgan fingerprint density at radius 2 is 2.00 bits per heavy atom. The van der Waals surface area contributed by atoms with Crippen LogP contribution in [0.2, 0.25) is 0 Å². The second-order valence-corrected chi connectivity index (χ2v) is 4.42. The zero-order chi connectivity index (χ0) is 13.4. The van der Waals surface area contributed by atoms with Gasteiger partial charge in [-0.25, -0.2) is 5.06 Å². The quantitative estimate of drug-likeness (QED) is 0.828. The summed E-state index contributed by atoms with van der Waals surface area (Å²) in [6, 6.07) is 9.81. The van der Waals surface area contributed by atoms with Crippen molar-refractivity contribution in [1.82, 2.24) is 5.06 Å². The highest BCUT2D eigenvalue weighted by molar-refractivity contribution is 5.80. The first kappa shape index (κ1) is 14.7. The molecule has 1 fully saturated rings. The lowest BCUT2D eigenvalue weighted by atomic mass is 10.2. The summed E-state index contributed by atoms with van der Waals surface area (Å²) in [5.74, 6) is -0.121. The van der Waals surface area contributed by atoms with Crippen molar-refractivity contribution in [3.63, 3.8) is 0 Å². The van der Waals surface area contributed by atoms with Crippen LogP contribution in [0.3, 0.4) is 0 Å². The predicted octanol–water partition coefficient (Wildman–Crippen LogP) is 1.88. The second-order valence-electron chi connectivity index (χ2n) is 4.42. The number of hydroxylamine groups is 2. The number of nitrogens with two attached hydrogens (primary N) is 1. The number of rotatable bonds is 1. The lowest BCUT2D eigenvalue weighted by molar-refractivity contribution is -0.197. The molecule has 4 nitrogen and oxygen atoms in total. The molecule has 0 bridgehead atoms. The first-order chi connectivity index (χ1) is 8.61. The zero-order valence-electron chi connectivity index (χ0n) is 11.1. The Kier molecular flexibility index (Phi) is 6.39. The third-order valence-electron chi connectivity index (χ3n) is 2.58. The number of carbonyl (C=O) groups is 1. The molecule has 0 saturated carbocycles. The zero-order valence-corrected chi connectivity index (χ0v) is 11.1. The van der Waals surface area contributed by atoms with Crippen molar-refractivity contribution in [2.45, 2.75) is 32.7 Å². The molecule has 0 aromatic heterocycles. The van der Waals surface area contributed by atoms with Gasteiger partial charge in [-0.1, -0.05) is 35.9 Å². The third kappa shape index (κ3) is 5.29. The first-order valence-corrected chi connectivity index (χ1v) is 6.33. The van der Waals surface area contributed by atoms with E-state index in [4.69, 9.17) is 10.6 Å². The molecule has 1 aromatic carbocycles. The third-order valence-corrected chi connectivity index (χ3v) is 2.58. The number of hydrogen-bond donors (Lipinski definition) is 1. The number of carbonyl (C=O) groups excluding carboxylic acids is 1. The van der Waals surface area contributed by atoms with Crippen molar-refractivity contribution in [2.24, 2.45) is 5.73 Å². The first-order valence-electron chi connectivity index (χ1n) is 6.33.